The number of methoxy groups -OCH3 is 1. The highest BCUT2D eigenvalue weighted by molar-refractivity contribution is 5.82. The molecular formula is C22H32N2O. The topological polar surface area (TPSA) is 25.4 Å². The van der Waals surface area contributed by atoms with Gasteiger partial charge in [-0.05, 0) is 43.5 Å². The number of aryl methyl sites for hydroxylation is 1. The molecule has 0 spiro atoms. The van der Waals surface area contributed by atoms with Crippen molar-refractivity contribution in [1.82, 2.24) is 4.98 Å². The Morgan fingerprint density at radius 2 is 1.60 bits per heavy atom. The van der Waals surface area contributed by atoms with Gasteiger partial charge in [0.15, 0.2) is 0 Å². The molecule has 0 atom stereocenters. The lowest BCUT2D eigenvalue weighted by Crippen LogP contribution is -2.39. The van der Waals surface area contributed by atoms with E-state index in [9.17, 15) is 0 Å². The molecule has 3 aliphatic heterocycles. The smallest absolute Gasteiger partial charge is 0.118 e. The largest absolute Gasteiger partial charge is 0.497 e. The summed E-state index contributed by atoms with van der Waals surface area (Å²) >= 11 is 0. The van der Waals surface area contributed by atoms with E-state index in [0.717, 1.165) is 11.4 Å². The Labute approximate surface area is 153 Å². The van der Waals surface area contributed by atoms with Crippen molar-refractivity contribution < 1.29 is 4.74 Å². The number of pyridine rings is 1. The predicted molar refractivity (Wildman–Crippen MR) is 108 cm³/mol. The molecule has 1 fully saturated rings. The summed E-state index contributed by atoms with van der Waals surface area (Å²) in [6.07, 6.45) is 2.51. The van der Waals surface area contributed by atoms with Crippen LogP contribution in [0.1, 0.15) is 57.8 Å². The third kappa shape index (κ3) is 3.81. The van der Waals surface area contributed by atoms with E-state index in [1.165, 1.54) is 48.4 Å². The van der Waals surface area contributed by atoms with Crippen LogP contribution in [0.25, 0.3) is 11.1 Å². The number of aromatic nitrogens is 1. The molecule has 4 heterocycles. The molecule has 3 heteroatoms. The second kappa shape index (κ2) is 8.89. The maximum Gasteiger partial charge on any atom is 0.118 e. The molecule has 0 radical (unpaired) electrons. The van der Waals surface area contributed by atoms with Gasteiger partial charge in [-0.2, -0.15) is 0 Å². The van der Waals surface area contributed by atoms with Crippen LogP contribution in [0.2, 0.25) is 0 Å². The lowest BCUT2D eigenvalue weighted by Gasteiger charge is -2.42. The van der Waals surface area contributed by atoms with Crippen LogP contribution in [0.3, 0.4) is 0 Å². The van der Waals surface area contributed by atoms with Crippen LogP contribution in [0, 0.1) is 6.92 Å². The van der Waals surface area contributed by atoms with Crippen molar-refractivity contribution in [3.8, 4) is 16.9 Å². The van der Waals surface area contributed by atoms with Gasteiger partial charge in [0.05, 0.1) is 18.5 Å². The van der Waals surface area contributed by atoms with E-state index in [0.29, 0.717) is 5.92 Å². The zero-order valence-corrected chi connectivity index (χ0v) is 16.6. The molecule has 136 valence electrons. The Kier molecular flexibility index (Phi) is 6.86. The quantitative estimate of drug-likeness (QED) is 0.689. The summed E-state index contributed by atoms with van der Waals surface area (Å²) in [4.78, 5) is 7.37. The van der Waals surface area contributed by atoms with E-state index >= 15 is 0 Å². The van der Waals surface area contributed by atoms with Crippen LogP contribution in [0.5, 0.6) is 5.75 Å². The highest BCUT2D eigenvalue weighted by Crippen LogP contribution is 2.46. The summed E-state index contributed by atoms with van der Waals surface area (Å²) < 4.78 is 5.27. The highest BCUT2D eigenvalue weighted by Gasteiger charge is 2.34. The number of anilines is 1. The molecule has 1 aromatic carbocycles. The molecule has 3 aliphatic rings. The molecular weight excluding hydrogens is 308 g/mol. The monoisotopic (exact) mass is 340 g/mol. The average Bonchev–Trinajstić information content (AvgIpc) is 2.71. The summed E-state index contributed by atoms with van der Waals surface area (Å²) in [7, 11) is 1.71. The van der Waals surface area contributed by atoms with E-state index in [1.54, 1.807) is 7.11 Å². The third-order valence-corrected chi connectivity index (χ3v) is 4.75. The molecule has 0 saturated carbocycles. The number of nitrogens with zero attached hydrogens (tertiary/aromatic N) is 2. The Hall–Kier alpha value is -2.03. The van der Waals surface area contributed by atoms with Gasteiger partial charge in [0.25, 0.3) is 0 Å². The summed E-state index contributed by atoms with van der Waals surface area (Å²) in [6, 6.07) is 10.6. The van der Waals surface area contributed by atoms with Gasteiger partial charge < -0.3 is 9.64 Å². The van der Waals surface area contributed by atoms with Gasteiger partial charge in [-0.3, -0.25) is 4.98 Å². The van der Waals surface area contributed by atoms with Crippen molar-refractivity contribution in [1.29, 1.82) is 0 Å². The van der Waals surface area contributed by atoms with Crippen LogP contribution in [-0.2, 0) is 0 Å². The predicted octanol–water partition coefficient (Wildman–Crippen LogP) is 5.82. The van der Waals surface area contributed by atoms with Crippen molar-refractivity contribution in [3.05, 3.63) is 41.7 Å². The van der Waals surface area contributed by atoms with Crippen LogP contribution < -0.4 is 9.64 Å². The number of fused-ring (bicyclic) bond motifs is 2. The Morgan fingerprint density at radius 3 is 2.16 bits per heavy atom. The molecule has 2 aromatic rings. The number of piperidine rings is 1. The first-order chi connectivity index (χ1) is 12.3. The zero-order valence-electron chi connectivity index (χ0n) is 16.6. The molecule has 5 rings (SSSR count). The van der Waals surface area contributed by atoms with Crippen LogP contribution in [0.4, 0.5) is 5.69 Å². The Bertz CT molecular complexity index is 671. The summed E-state index contributed by atoms with van der Waals surface area (Å²) in [6.45, 7) is 12.4. The maximum atomic E-state index is 5.27. The number of hydrogen-bond acceptors (Lipinski definition) is 3. The van der Waals surface area contributed by atoms with Gasteiger partial charge in [0.1, 0.15) is 5.75 Å². The SMILES string of the molecule is CC.CC.COc1ccc(-c2cc(C)nc3c2N2CCC3CC2)cc1. The van der Waals surface area contributed by atoms with Gasteiger partial charge in [-0.15, -0.1) is 0 Å². The first-order valence-electron chi connectivity index (χ1n) is 9.67. The van der Waals surface area contributed by atoms with Gasteiger partial charge >= 0.3 is 0 Å². The standard InChI is InChI=1S/C18H20N2O.2C2H6/c1-12-11-16(13-3-5-15(21-2)6-4-13)18-17(19-12)14-7-9-20(18)10-8-14;2*1-2/h3-6,11,14H,7-10H2,1-2H3;2*1-2H3. The summed E-state index contributed by atoms with van der Waals surface area (Å²) in [5, 5.41) is 0. The van der Waals surface area contributed by atoms with E-state index in [4.69, 9.17) is 9.72 Å². The first-order valence-corrected chi connectivity index (χ1v) is 9.67. The maximum absolute atomic E-state index is 5.27. The molecule has 3 nitrogen and oxygen atoms in total. The number of ether oxygens (including phenoxy) is 1. The number of rotatable bonds is 2. The van der Waals surface area contributed by atoms with E-state index in [2.05, 4.69) is 30.0 Å². The van der Waals surface area contributed by atoms with Gasteiger partial charge in [-0.25, -0.2) is 0 Å². The molecule has 0 N–H and O–H groups in total. The minimum atomic E-state index is 0.655. The number of benzene rings is 1. The van der Waals surface area contributed by atoms with Crippen molar-refractivity contribution in [2.24, 2.45) is 0 Å². The zero-order chi connectivity index (χ0) is 18.4. The normalized spacial score (nSPS) is 14.7. The molecule has 0 amide bonds. The number of hydrogen-bond donors (Lipinski definition) is 0. The minimum Gasteiger partial charge on any atom is -0.497 e. The van der Waals surface area contributed by atoms with E-state index < -0.39 is 0 Å². The van der Waals surface area contributed by atoms with Gasteiger partial charge in [0, 0.05) is 30.3 Å². The second-order valence-corrected chi connectivity index (χ2v) is 6.03. The first kappa shape index (κ1) is 19.3. The third-order valence-electron chi connectivity index (χ3n) is 4.75. The fraction of sp³-hybridized carbons (Fsp3) is 0.500. The van der Waals surface area contributed by atoms with Crippen molar-refractivity contribution in [2.75, 3.05) is 25.1 Å². The van der Waals surface area contributed by atoms with Crippen LogP contribution in [0.15, 0.2) is 30.3 Å². The van der Waals surface area contributed by atoms with E-state index in [1.807, 2.05) is 39.8 Å². The van der Waals surface area contributed by atoms with Crippen LogP contribution >= 0.6 is 0 Å². The van der Waals surface area contributed by atoms with Gasteiger partial charge in [-0.1, -0.05) is 39.8 Å². The highest BCUT2D eigenvalue weighted by atomic mass is 16.5. The fourth-order valence-corrected chi connectivity index (χ4v) is 3.67. The molecule has 2 bridgehead atoms. The lowest BCUT2D eigenvalue weighted by molar-refractivity contribution is 0.415. The Morgan fingerprint density at radius 1 is 1.00 bits per heavy atom. The molecule has 0 unspecified atom stereocenters. The molecule has 0 aliphatic carbocycles. The fourth-order valence-electron chi connectivity index (χ4n) is 3.67. The molecule has 25 heavy (non-hydrogen) atoms. The van der Waals surface area contributed by atoms with Gasteiger partial charge in [0.2, 0.25) is 0 Å². The van der Waals surface area contributed by atoms with Crippen molar-refractivity contribution in [2.45, 2.75) is 53.4 Å². The second-order valence-electron chi connectivity index (χ2n) is 6.03. The van der Waals surface area contributed by atoms with Crippen molar-refractivity contribution in [3.63, 3.8) is 0 Å². The Balaban J connectivity index is 0.000000528. The average molecular weight is 341 g/mol. The lowest BCUT2D eigenvalue weighted by atomic mass is 9.84. The summed E-state index contributed by atoms with van der Waals surface area (Å²) in [5.74, 6) is 1.56. The minimum absolute atomic E-state index is 0.655. The van der Waals surface area contributed by atoms with Crippen molar-refractivity contribution >= 4 is 5.69 Å². The molecule has 1 saturated heterocycles. The summed E-state index contributed by atoms with van der Waals surface area (Å²) in [5.41, 5.74) is 6.38. The van der Waals surface area contributed by atoms with Crippen LogP contribution in [-0.4, -0.2) is 25.2 Å². The molecule has 1 aromatic heterocycles. The van der Waals surface area contributed by atoms with E-state index in [-0.39, 0.29) is 0 Å².